The van der Waals surface area contributed by atoms with Crippen LogP contribution in [0.4, 0.5) is 0 Å². The zero-order valence-corrected chi connectivity index (χ0v) is 13.5. The van der Waals surface area contributed by atoms with E-state index in [2.05, 4.69) is 20.7 Å². The fourth-order valence-corrected chi connectivity index (χ4v) is 4.23. The van der Waals surface area contributed by atoms with Crippen molar-refractivity contribution in [2.75, 3.05) is 13.2 Å². The number of aliphatic hydroxyl groups is 1. The maximum atomic E-state index is 12.3. The molecule has 1 aromatic carbocycles. The molecule has 2 rings (SSSR count). The lowest BCUT2D eigenvalue weighted by atomic mass is 10.1. The lowest BCUT2D eigenvalue weighted by Gasteiger charge is -2.33. The molecular formula is C13H19BrN2O3S. The van der Waals surface area contributed by atoms with Crippen molar-refractivity contribution in [1.29, 1.82) is 0 Å². The molecule has 0 amide bonds. The number of benzene rings is 1. The van der Waals surface area contributed by atoms with Crippen molar-refractivity contribution in [3.63, 3.8) is 0 Å². The quantitative estimate of drug-likeness (QED) is 0.836. The fraction of sp³-hybridized carbons (Fsp3) is 0.538. The SMILES string of the molecule is O=S(=O)(NCc1ccccc1Br)N1CCCCC1CO. The first kappa shape index (κ1) is 15.9. The van der Waals surface area contributed by atoms with Gasteiger partial charge in [-0.1, -0.05) is 40.5 Å². The molecule has 1 aromatic rings. The van der Waals surface area contributed by atoms with Crippen LogP contribution in [0.3, 0.4) is 0 Å². The second-order valence-corrected chi connectivity index (χ2v) is 7.42. The van der Waals surface area contributed by atoms with Crippen molar-refractivity contribution in [2.45, 2.75) is 31.8 Å². The molecule has 5 nitrogen and oxygen atoms in total. The summed E-state index contributed by atoms with van der Waals surface area (Å²) < 4.78 is 29.5. The minimum Gasteiger partial charge on any atom is -0.395 e. The first-order valence-electron chi connectivity index (χ1n) is 6.65. The number of halogens is 1. The number of aliphatic hydroxyl groups excluding tert-OH is 1. The van der Waals surface area contributed by atoms with Gasteiger partial charge in [0.1, 0.15) is 0 Å². The molecule has 7 heteroatoms. The predicted octanol–water partition coefficient (Wildman–Crippen LogP) is 1.63. The van der Waals surface area contributed by atoms with Gasteiger partial charge in [-0.05, 0) is 24.5 Å². The van der Waals surface area contributed by atoms with Crippen LogP contribution in [-0.2, 0) is 16.8 Å². The largest absolute Gasteiger partial charge is 0.395 e. The Labute approximate surface area is 128 Å². The van der Waals surface area contributed by atoms with E-state index in [-0.39, 0.29) is 19.2 Å². The number of nitrogens with zero attached hydrogens (tertiary/aromatic N) is 1. The third kappa shape index (κ3) is 3.79. The van der Waals surface area contributed by atoms with Gasteiger partial charge in [-0.15, -0.1) is 0 Å². The summed E-state index contributed by atoms with van der Waals surface area (Å²) in [7, 11) is -3.56. The van der Waals surface area contributed by atoms with Gasteiger partial charge in [-0.25, -0.2) is 0 Å². The highest BCUT2D eigenvalue weighted by Crippen LogP contribution is 2.20. The van der Waals surface area contributed by atoms with Crippen LogP contribution in [0.1, 0.15) is 24.8 Å². The third-order valence-corrected chi connectivity index (χ3v) is 5.88. The number of rotatable bonds is 5. The van der Waals surface area contributed by atoms with E-state index < -0.39 is 10.2 Å². The smallest absolute Gasteiger partial charge is 0.280 e. The van der Waals surface area contributed by atoms with Crippen LogP contribution in [0.25, 0.3) is 0 Å². The minimum atomic E-state index is -3.56. The van der Waals surface area contributed by atoms with Gasteiger partial charge in [0.2, 0.25) is 0 Å². The number of hydrogen-bond donors (Lipinski definition) is 2. The summed E-state index contributed by atoms with van der Waals surface area (Å²) in [6, 6.07) is 7.19. The molecule has 0 saturated carbocycles. The van der Waals surface area contributed by atoms with Crippen LogP contribution in [0.15, 0.2) is 28.7 Å². The maximum absolute atomic E-state index is 12.3. The van der Waals surface area contributed by atoms with E-state index in [1.54, 1.807) is 0 Å². The Morgan fingerprint density at radius 2 is 2.10 bits per heavy atom. The molecule has 1 unspecified atom stereocenters. The van der Waals surface area contributed by atoms with Gasteiger partial charge in [-0.2, -0.15) is 17.4 Å². The summed E-state index contributed by atoms with van der Waals surface area (Å²) in [6.45, 7) is 0.574. The fourth-order valence-electron chi connectivity index (χ4n) is 2.37. The molecule has 1 fully saturated rings. The van der Waals surface area contributed by atoms with E-state index in [1.807, 2.05) is 24.3 Å². The summed E-state index contributed by atoms with van der Waals surface area (Å²) in [5, 5.41) is 9.31. The van der Waals surface area contributed by atoms with Crippen molar-refractivity contribution < 1.29 is 13.5 Å². The highest BCUT2D eigenvalue weighted by atomic mass is 79.9. The first-order valence-corrected chi connectivity index (χ1v) is 8.88. The molecule has 1 aliphatic rings. The highest BCUT2D eigenvalue weighted by Gasteiger charge is 2.31. The second-order valence-electron chi connectivity index (χ2n) is 4.86. The normalized spacial score (nSPS) is 21.0. The summed E-state index contributed by atoms with van der Waals surface area (Å²) >= 11 is 3.40. The molecule has 112 valence electrons. The van der Waals surface area contributed by atoms with Gasteiger partial charge in [0.25, 0.3) is 10.2 Å². The van der Waals surface area contributed by atoms with Crippen molar-refractivity contribution in [2.24, 2.45) is 0 Å². The molecule has 0 radical (unpaired) electrons. The summed E-state index contributed by atoms with van der Waals surface area (Å²) in [4.78, 5) is 0. The topological polar surface area (TPSA) is 69.6 Å². The van der Waals surface area contributed by atoms with E-state index in [0.29, 0.717) is 13.0 Å². The van der Waals surface area contributed by atoms with Crippen LogP contribution in [0, 0.1) is 0 Å². The zero-order valence-electron chi connectivity index (χ0n) is 11.1. The van der Waals surface area contributed by atoms with Crippen LogP contribution < -0.4 is 4.72 Å². The first-order chi connectivity index (χ1) is 9.54. The van der Waals surface area contributed by atoms with E-state index in [4.69, 9.17) is 0 Å². The Hall–Kier alpha value is -0.470. The molecule has 0 aliphatic carbocycles. The average Bonchev–Trinajstić information content (AvgIpc) is 2.46. The van der Waals surface area contributed by atoms with E-state index in [9.17, 15) is 13.5 Å². The second kappa shape index (κ2) is 7.00. The summed E-state index contributed by atoms with van der Waals surface area (Å²) in [6.07, 6.45) is 2.51. The number of piperidine rings is 1. The molecule has 20 heavy (non-hydrogen) atoms. The monoisotopic (exact) mass is 362 g/mol. The van der Waals surface area contributed by atoms with E-state index in [1.165, 1.54) is 4.31 Å². The lowest BCUT2D eigenvalue weighted by molar-refractivity contribution is 0.154. The highest BCUT2D eigenvalue weighted by molar-refractivity contribution is 9.10. The molecule has 1 aliphatic heterocycles. The molecular weight excluding hydrogens is 344 g/mol. The van der Waals surface area contributed by atoms with Gasteiger partial charge < -0.3 is 5.11 Å². The predicted molar refractivity (Wildman–Crippen MR) is 81.3 cm³/mol. The molecule has 0 spiro atoms. The van der Waals surface area contributed by atoms with E-state index in [0.717, 1.165) is 22.9 Å². The standard InChI is InChI=1S/C13H19BrN2O3S/c14-13-7-2-1-5-11(13)9-15-20(18,19)16-8-4-3-6-12(16)10-17/h1-2,5,7,12,15,17H,3-4,6,8-10H2. The zero-order chi connectivity index (χ0) is 14.6. The van der Waals surface area contributed by atoms with Crippen LogP contribution in [0.2, 0.25) is 0 Å². The summed E-state index contributed by atoms with van der Waals surface area (Å²) in [5.41, 5.74) is 0.883. The van der Waals surface area contributed by atoms with Crippen LogP contribution in [-0.4, -0.2) is 37.0 Å². The Balaban J connectivity index is 2.05. The molecule has 2 N–H and O–H groups in total. The van der Waals surface area contributed by atoms with Crippen molar-refractivity contribution in [3.05, 3.63) is 34.3 Å². The van der Waals surface area contributed by atoms with E-state index >= 15 is 0 Å². The number of nitrogens with one attached hydrogen (secondary N) is 1. The van der Waals surface area contributed by atoms with Crippen LogP contribution in [0.5, 0.6) is 0 Å². The minimum absolute atomic E-state index is 0.129. The maximum Gasteiger partial charge on any atom is 0.280 e. The Morgan fingerprint density at radius 3 is 2.80 bits per heavy atom. The van der Waals surface area contributed by atoms with Crippen LogP contribution >= 0.6 is 15.9 Å². The molecule has 0 bridgehead atoms. The van der Waals surface area contributed by atoms with Crippen molar-refractivity contribution >= 4 is 26.1 Å². The van der Waals surface area contributed by atoms with Gasteiger partial charge in [0.15, 0.2) is 0 Å². The third-order valence-electron chi connectivity index (χ3n) is 3.50. The molecule has 1 atom stereocenters. The Kier molecular flexibility index (Phi) is 5.57. The molecule has 0 aromatic heterocycles. The summed E-state index contributed by atoms with van der Waals surface area (Å²) in [5.74, 6) is 0. The van der Waals surface area contributed by atoms with Crippen molar-refractivity contribution in [1.82, 2.24) is 9.03 Å². The molecule has 1 saturated heterocycles. The molecule has 1 heterocycles. The van der Waals surface area contributed by atoms with Gasteiger partial charge in [0.05, 0.1) is 6.61 Å². The lowest BCUT2D eigenvalue weighted by Crippen LogP contribution is -2.50. The van der Waals surface area contributed by atoms with Crippen molar-refractivity contribution in [3.8, 4) is 0 Å². The van der Waals surface area contributed by atoms with Gasteiger partial charge in [0, 0.05) is 23.6 Å². The van der Waals surface area contributed by atoms with Gasteiger partial charge in [-0.3, -0.25) is 0 Å². The van der Waals surface area contributed by atoms with Gasteiger partial charge >= 0.3 is 0 Å². The Bertz CT molecular complexity index is 550. The number of hydrogen-bond acceptors (Lipinski definition) is 3. The average molecular weight is 363 g/mol. The Morgan fingerprint density at radius 1 is 1.35 bits per heavy atom.